The van der Waals surface area contributed by atoms with Crippen LogP contribution >= 0.6 is 11.8 Å². The fourth-order valence-corrected chi connectivity index (χ4v) is 2.52. The minimum atomic E-state index is -0.790. The van der Waals surface area contributed by atoms with Crippen LogP contribution in [0.2, 0.25) is 0 Å². The van der Waals surface area contributed by atoms with Gasteiger partial charge in [0.2, 0.25) is 0 Å². The molecule has 0 aliphatic carbocycles. The average Bonchev–Trinajstić information content (AvgIpc) is 2.67. The van der Waals surface area contributed by atoms with E-state index in [1.54, 1.807) is 0 Å². The lowest BCUT2D eigenvalue weighted by Crippen LogP contribution is -2.09. The number of rotatable bonds is 7. The average molecular weight is 270 g/mol. The van der Waals surface area contributed by atoms with E-state index in [1.165, 1.54) is 11.8 Å². The van der Waals surface area contributed by atoms with Gasteiger partial charge in [0.05, 0.1) is 22.5 Å². The maximum atomic E-state index is 10.7. The zero-order chi connectivity index (χ0) is 13.7. The number of aliphatic carboxylic acids is 1. The molecule has 1 unspecified atom stereocenters. The van der Waals surface area contributed by atoms with Gasteiger partial charge in [-0.15, -0.1) is 0 Å². The SMILES string of the molecule is CCC(C)n1nc(CC(C)C)cc1SCC(=O)O. The molecule has 0 spiro atoms. The molecule has 1 aromatic heterocycles. The third-order valence-electron chi connectivity index (χ3n) is 2.72. The van der Waals surface area contributed by atoms with Crippen LogP contribution in [0.4, 0.5) is 0 Å². The highest BCUT2D eigenvalue weighted by atomic mass is 32.2. The number of aromatic nitrogens is 2. The monoisotopic (exact) mass is 270 g/mol. The van der Waals surface area contributed by atoms with Crippen molar-refractivity contribution in [2.24, 2.45) is 5.92 Å². The maximum Gasteiger partial charge on any atom is 0.313 e. The van der Waals surface area contributed by atoms with E-state index in [2.05, 4.69) is 32.8 Å². The Balaban J connectivity index is 2.89. The van der Waals surface area contributed by atoms with Crippen LogP contribution in [0, 0.1) is 5.92 Å². The second kappa shape index (κ2) is 6.83. The standard InChI is InChI=1S/C13H22N2O2S/c1-5-10(4)15-12(18-8-13(16)17)7-11(14-15)6-9(2)3/h7,9-10H,5-6,8H2,1-4H3,(H,16,17). The number of carboxylic acid groups (broad SMARTS) is 1. The fourth-order valence-electron chi connectivity index (χ4n) is 1.68. The summed E-state index contributed by atoms with van der Waals surface area (Å²) in [6.07, 6.45) is 1.92. The van der Waals surface area contributed by atoms with Gasteiger partial charge in [0, 0.05) is 0 Å². The highest BCUT2D eigenvalue weighted by molar-refractivity contribution is 7.99. The zero-order valence-corrected chi connectivity index (χ0v) is 12.3. The lowest BCUT2D eigenvalue weighted by molar-refractivity contribution is -0.133. The van der Waals surface area contributed by atoms with Crippen molar-refractivity contribution in [3.8, 4) is 0 Å². The Morgan fingerprint density at radius 3 is 2.67 bits per heavy atom. The molecule has 0 aliphatic heterocycles. The first kappa shape index (κ1) is 15.1. The summed E-state index contributed by atoms with van der Waals surface area (Å²) in [5, 5.41) is 14.3. The summed E-state index contributed by atoms with van der Waals surface area (Å²) in [7, 11) is 0. The number of carbonyl (C=O) groups is 1. The summed E-state index contributed by atoms with van der Waals surface area (Å²) in [5.74, 6) is -0.145. The summed E-state index contributed by atoms with van der Waals surface area (Å²) < 4.78 is 1.96. The van der Waals surface area contributed by atoms with Crippen LogP contribution in [0.1, 0.15) is 45.9 Å². The number of thioether (sulfide) groups is 1. The molecule has 1 aromatic rings. The van der Waals surface area contributed by atoms with Gasteiger partial charge in [0.15, 0.2) is 0 Å². The molecule has 4 nitrogen and oxygen atoms in total. The molecular formula is C13H22N2O2S. The molecule has 0 amide bonds. The Morgan fingerprint density at radius 2 is 2.17 bits per heavy atom. The van der Waals surface area contributed by atoms with Crippen molar-refractivity contribution in [3.63, 3.8) is 0 Å². The Labute approximate surface area is 113 Å². The number of hydrogen-bond donors (Lipinski definition) is 1. The van der Waals surface area contributed by atoms with Crippen LogP contribution in [0.25, 0.3) is 0 Å². The predicted molar refractivity (Wildman–Crippen MR) is 74.1 cm³/mol. The molecule has 0 radical (unpaired) electrons. The van der Waals surface area contributed by atoms with Crippen molar-refractivity contribution < 1.29 is 9.90 Å². The fraction of sp³-hybridized carbons (Fsp3) is 0.692. The quantitative estimate of drug-likeness (QED) is 0.773. The molecule has 5 heteroatoms. The van der Waals surface area contributed by atoms with Crippen LogP contribution in [-0.4, -0.2) is 26.6 Å². The smallest absolute Gasteiger partial charge is 0.313 e. The normalized spacial score (nSPS) is 12.9. The van der Waals surface area contributed by atoms with Gasteiger partial charge in [-0.2, -0.15) is 5.10 Å². The molecule has 0 aliphatic rings. The van der Waals surface area contributed by atoms with E-state index in [0.717, 1.165) is 23.6 Å². The largest absolute Gasteiger partial charge is 0.481 e. The van der Waals surface area contributed by atoms with Gasteiger partial charge in [-0.25, -0.2) is 0 Å². The maximum absolute atomic E-state index is 10.7. The van der Waals surface area contributed by atoms with Crippen molar-refractivity contribution in [1.82, 2.24) is 9.78 Å². The molecular weight excluding hydrogens is 248 g/mol. The summed E-state index contributed by atoms with van der Waals surface area (Å²) in [4.78, 5) is 10.7. The van der Waals surface area contributed by atoms with Crippen molar-refractivity contribution >= 4 is 17.7 Å². The summed E-state index contributed by atoms with van der Waals surface area (Å²) in [5.41, 5.74) is 1.05. The lowest BCUT2D eigenvalue weighted by atomic mass is 10.1. The third kappa shape index (κ3) is 4.37. The lowest BCUT2D eigenvalue weighted by Gasteiger charge is -2.12. The molecule has 0 bridgehead atoms. The topological polar surface area (TPSA) is 55.1 Å². The molecule has 0 aromatic carbocycles. The van der Waals surface area contributed by atoms with E-state index >= 15 is 0 Å². The zero-order valence-electron chi connectivity index (χ0n) is 11.5. The number of nitrogens with zero attached hydrogens (tertiary/aromatic N) is 2. The Bertz CT molecular complexity index is 402. The number of carboxylic acids is 1. The molecule has 1 heterocycles. The second-order valence-corrected chi connectivity index (χ2v) is 5.95. The van der Waals surface area contributed by atoms with Crippen molar-refractivity contribution in [3.05, 3.63) is 11.8 Å². The van der Waals surface area contributed by atoms with Crippen molar-refractivity contribution in [2.45, 2.75) is 51.6 Å². The van der Waals surface area contributed by atoms with E-state index in [1.807, 2.05) is 10.7 Å². The van der Waals surface area contributed by atoms with Crippen molar-refractivity contribution in [1.29, 1.82) is 0 Å². The highest BCUT2D eigenvalue weighted by Crippen LogP contribution is 2.25. The van der Waals surface area contributed by atoms with Gasteiger partial charge in [-0.05, 0) is 31.7 Å². The third-order valence-corrected chi connectivity index (χ3v) is 3.71. The van der Waals surface area contributed by atoms with Gasteiger partial charge < -0.3 is 5.11 Å². The molecule has 0 saturated carbocycles. The molecule has 1 atom stereocenters. The van der Waals surface area contributed by atoms with Gasteiger partial charge in [0.1, 0.15) is 0 Å². The second-order valence-electron chi connectivity index (χ2n) is 4.96. The Morgan fingerprint density at radius 1 is 1.50 bits per heavy atom. The number of hydrogen-bond acceptors (Lipinski definition) is 3. The van der Waals surface area contributed by atoms with Crippen LogP contribution < -0.4 is 0 Å². The van der Waals surface area contributed by atoms with Gasteiger partial charge >= 0.3 is 5.97 Å². The van der Waals surface area contributed by atoms with E-state index in [-0.39, 0.29) is 5.75 Å². The first-order valence-corrected chi connectivity index (χ1v) is 7.35. The summed E-state index contributed by atoms with van der Waals surface area (Å²) in [6, 6.07) is 2.34. The van der Waals surface area contributed by atoms with E-state index in [0.29, 0.717) is 12.0 Å². The molecule has 1 rings (SSSR count). The van der Waals surface area contributed by atoms with E-state index in [4.69, 9.17) is 5.11 Å². The van der Waals surface area contributed by atoms with Crippen molar-refractivity contribution in [2.75, 3.05) is 5.75 Å². The summed E-state index contributed by atoms with van der Waals surface area (Å²) >= 11 is 1.35. The predicted octanol–water partition coefficient (Wildman–Crippen LogP) is 3.23. The Kier molecular flexibility index (Phi) is 5.72. The van der Waals surface area contributed by atoms with E-state index < -0.39 is 5.97 Å². The van der Waals surface area contributed by atoms with E-state index in [9.17, 15) is 4.79 Å². The minimum Gasteiger partial charge on any atom is -0.481 e. The van der Waals surface area contributed by atoms with Crippen LogP contribution in [0.3, 0.4) is 0 Å². The van der Waals surface area contributed by atoms with Crippen LogP contribution in [-0.2, 0) is 11.2 Å². The molecule has 0 saturated heterocycles. The first-order valence-electron chi connectivity index (χ1n) is 6.37. The molecule has 102 valence electrons. The van der Waals surface area contributed by atoms with Gasteiger partial charge in [-0.1, -0.05) is 32.5 Å². The molecule has 18 heavy (non-hydrogen) atoms. The summed E-state index contributed by atoms with van der Waals surface area (Å²) in [6.45, 7) is 8.54. The Hall–Kier alpha value is -0.970. The van der Waals surface area contributed by atoms with Gasteiger partial charge in [-0.3, -0.25) is 9.48 Å². The molecule has 0 fully saturated rings. The first-order chi connectivity index (χ1) is 8.43. The minimum absolute atomic E-state index is 0.0866. The van der Waals surface area contributed by atoms with Gasteiger partial charge in [0.25, 0.3) is 0 Å². The highest BCUT2D eigenvalue weighted by Gasteiger charge is 2.14. The van der Waals surface area contributed by atoms with Crippen LogP contribution in [0.5, 0.6) is 0 Å². The van der Waals surface area contributed by atoms with Crippen LogP contribution in [0.15, 0.2) is 11.1 Å². The molecule has 1 N–H and O–H groups in total.